The Bertz CT molecular complexity index is 554. The Labute approximate surface area is 108 Å². The minimum atomic E-state index is -4.35. The number of rotatable bonds is 4. The van der Waals surface area contributed by atoms with E-state index in [2.05, 4.69) is 0 Å². The van der Waals surface area contributed by atoms with Gasteiger partial charge < -0.3 is 4.74 Å². The van der Waals surface area contributed by atoms with E-state index < -0.39 is 28.7 Å². The van der Waals surface area contributed by atoms with Gasteiger partial charge in [-0.15, -0.1) is 0 Å². The number of nitrogens with zero attached hydrogens (tertiary/aromatic N) is 1. The first kappa shape index (κ1) is 14.1. The number of methoxy groups -OCH3 is 1. The number of halogens is 3. The smallest absolute Gasteiger partial charge is 0.390 e. The molecule has 0 aliphatic carbocycles. The van der Waals surface area contributed by atoms with Gasteiger partial charge in [0.25, 0.3) is 0 Å². The highest BCUT2D eigenvalue weighted by atomic mass is 32.2. The zero-order valence-electron chi connectivity index (χ0n) is 10.0. The first-order chi connectivity index (χ1) is 8.74. The van der Waals surface area contributed by atoms with Gasteiger partial charge in [0.15, 0.2) is 0 Å². The van der Waals surface area contributed by atoms with Gasteiger partial charge in [-0.1, -0.05) is 0 Å². The molecule has 1 heterocycles. The molecule has 0 bridgehead atoms. The summed E-state index contributed by atoms with van der Waals surface area (Å²) < 4.78 is 66.3. The molecule has 0 radical (unpaired) electrons. The fourth-order valence-electron chi connectivity index (χ4n) is 1.77. The lowest BCUT2D eigenvalue weighted by atomic mass is 10.3. The van der Waals surface area contributed by atoms with Gasteiger partial charge in [-0.3, -0.25) is 0 Å². The predicted molar refractivity (Wildman–Crippen MR) is 61.3 cm³/mol. The maximum absolute atomic E-state index is 12.2. The summed E-state index contributed by atoms with van der Waals surface area (Å²) in [5.41, 5.74) is 0. The Kier molecular flexibility index (Phi) is 3.48. The summed E-state index contributed by atoms with van der Waals surface area (Å²) in [5.74, 6) is 0.483. The number of benzene rings is 1. The van der Waals surface area contributed by atoms with Crippen molar-refractivity contribution < 1.29 is 26.3 Å². The summed E-state index contributed by atoms with van der Waals surface area (Å²) in [7, 11) is -2.40. The second kappa shape index (κ2) is 4.68. The van der Waals surface area contributed by atoms with Crippen molar-refractivity contribution in [3.05, 3.63) is 24.3 Å². The van der Waals surface area contributed by atoms with E-state index in [1.54, 1.807) is 0 Å². The van der Waals surface area contributed by atoms with Crippen LogP contribution in [-0.2, 0) is 10.0 Å². The van der Waals surface area contributed by atoms with E-state index in [0.29, 0.717) is 5.75 Å². The quantitative estimate of drug-likeness (QED) is 0.798. The Morgan fingerprint density at radius 3 is 2.37 bits per heavy atom. The molecule has 0 N–H and O–H groups in total. The second-order valence-electron chi connectivity index (χ2n) is 4.22. The van der Waals surface area contributed by atoms with Crippen LogP contribution in [0.1, 0.15) is 6.42 Å². The summed E-state index contributed by atoms with van der Waals surface area (Å²) >= 11 is 0. The Morgan fingerprint density at radius 2 is 1.89 bits per heavy atom. The first-order valence-electron chi connectivity index (χ1n) is 5.47. The minimum Gasteiger partial charge on any atom is -0.497 e. The molecule has 0 amide bonds. The van der Waals surface area contributed by atoms with Gasteiger partial charge in [-0.2, -0.15) is 17.5 Å². The van der Waals surface area contributed by atoms with Crippen LogP contribution >= 0.6 is 0 Å². The van der Waals surface area contributed by atoms with Crippen molar-refractivity contribution in [3.8, 4) is 5.75 Å². The number of ether oxygens (including phenoxy) is 1. The summed E-state index contributed by atoms with van der Waals surface area (Å²) in [6.45, 7) is -0.0894. The molecular formula is C11H12F3NO3S. The van der Waals surface area contributed by atoms with Gasteiger partial charge >= 0.3 is 6.18 Å². The summed E-state index contributed by atoms with van der Waals surface area (Å²) in [6, 6.07) is 4.56. The second-order valence-corrected chi connectivity index (χ2v) is 6.11. The maximum Gasteiger partial charge on any atom is 0.390 e. The lowest BCUT2D eigenvalue weighted by Gasteiger charge is -2.08. The third-order valence-electron chi connectivity index (χ3n) is 2.80. The lowest BCUT2D eigenvalue weighted by molar-refractivity contribution is -0.134. The van der Waals surface area contributed by atoms with Crippen molar-refractivity contribution in [1.29, 1.82) is 0 Å². The van der Waals surface area contributed by atoms with Gasteiger partial charge in [0.1, 0.15) is 5.75 Å². The molecule has 2 unspecified atom stereocenters. The van der Waals surface area contributed by atoms with Crippen molar-refractivity contribution >= 4 is 10.0 Å². The predicted octanol–water partition coefficient (Wildman–Crippen LogP) is 2.02. The van der Waals surface area contributed by atoms with Crippen LogP contribution in [0.2, 0.25) is 0 Å². The molecule has 4 nitrogen and oxygen atoms in total. The van der Waals surface area contributed by atoms with Crippen LogP contribution in [0.3, 0.4) is 0 Å². The van der Waals surface area contributed by atoms with E-state index in [1.807, 2.05) is 0 Å². The monoisotopic (exact) mass is 295 g/mol. The average molecular weight is 295 g/mol. The van der Waals surface area contributed by atoms with E-state index >= 15 is 0 Å². The van der Waals surface area contributed by atoms with Crippen LogP contribution in [0.4, 0.5) is 13.2 Å². The molecule has 106 valence electrons. The van der Waals surface area contributed by atoms with E-state index in [0.717, 1.165) is 4.31 Å². The third-order valence-corrected chi connectivity index (χ3v) is 4.73. The molecule has 2 atom stereocenters. The number of hydrogen-bond donors (Lipinski definition) is 0. The number of sulfonamides is 1. The molecule has 1 aliphatic rings. The van der Waals surface area contributed by atoms with Crippen LogP contribution in [-0.4, -0.2) is 38.6 Å². The standard InChI is InChI=1S/C11H12F3NO3S/c1-18-9-2-4-10(5-3-9)19(16,17)15-7-8(15)6-11(12,13)14/h2-5,8H,6-7H2,1H3. The zero-order chi connectivity index (χ0) is 14.3. The van der Waals surface area contributed by atoms with Crippen molar-refractivity contribution in [1.82, 2.24) is 4.31 Å². The van der Waals surface area contributed by atoms with Crippen LogP contribution in [0.5, 0.6) is 5.75 Å². The van der Waals surface area contributed by atoms with E-state index in [-0.39, 0.29) is 11.4 Å². The van der Waals surface area contributed by atoms with Gasteiger partial charge in [0, 0.05) is 12.6 Å². The van der Waals surface area contributed by atoms with Crippen molar-refractivity contribution in [2.75, 3.05) is 13.7 Å². The Morgan fingerprint density at radius 1 is 1.32 bits per heavy atom. The normalized spacial score (nSPS) is 23.2. The highest BCUT2D eigenvalue weighted by Gasteiger charge is 2.49. The molecule has 1 saturated heterocycles. The van der Waals surface area contributed by atoms with Gasteiger partial charge in [-0.25, -0.2) is 8.42 Å². The number of hydrogen-bond acceptors (Lipinski definition) is 3. The Hall–Kier alpha value is -1.28. The summed E-state index contributed by atoms with van der Waals surface area (Å²) in [6.07, 6.45) is -5.46. The molecule has 1 aliphatic heterocycles. The molecule has 19 heavy (non-hydrogen) atoms. The summed E-state index contributed by atoms with van der Waals surface area (Å²) in [5, 5.41) is 0. The Balaban J connectivity index is 2.11. The van der Waals surface area contributed by atoms with Gasteiger partial charge in [0.05, 0.1) is 18.4 Å². The molecule has 0 saturated carbocycles. The zero-order valence-corrected chi connectivity index (χ0v) is 10.8. The first-order valence-corrected chi connectivity index (χ1v) is 6.91. The topological polar surface area (TPSA) is 46.4 Å². The molecule has 2 rings (SSSR count). The van der Waals surface area contributed by atoms with E-state index in [4.69, 9.17) is 4.74 Å². The van der Waals surface area contributed by atoms with E-state index in [1.165, 1.54) is 31.4 Å². The van der Waals surface area contributed by atoms with E-state index in [9.17, 15) is 21.6 Å². The molecule has 1 aromatic carbocycles. The highest BCUT2D eigenvalue weighted by Crippen LogP contribution is 2.36. The van der Waals surface area contributed by atoms with Gasteiger partial charge in [-0.05, 0) is 24.3 Å². The fraction of sp³-hybridized carbons (Fsp3) is 0.455. The van der Waals surface area contributed by atoms with Crippen LogP contribution < -0.4 is 4.74 Å². The maximum atomic E-state index is 12.2. The molecule has 8 heteroatoms. The van der Waals surface area contributed by atoms with Gasteiger partial charge in [0.2, 0.25) is 10.0 Å². The van der Waals surface area contributed by atoms with Crippen LogP contribution in [0.15, 0.2) is 29.2 Å². The SMILES string of the molecule is COc1ccc(S(=O)(=O)N2CC2CC(F)(F)F)cc1. The molecule has 0 spiro atoms. The third kappa shape index (κ3) is 3.19. The van der Waals surface area contributed by atoms with Crippen LogP contribution in [0, 0.1) is 0 Å². The van der Waals surface area contributed by atoms with Crippen LogP contribution in [0.25, 0.3) is 0 Å². The number of alkyl halides is 3. The summed E-state index contributed by atoms with van der Waals surface area (Å²) in [4.78, 5) is -0.0297. The average Bonchev–Trinajstić information content (AvgIpc) is 3.06. The minimum absolute atomic E-state index is 0.0297. The van der Waals surface area contributed by atoms with Crippen molar-refractivity contribution in [2.24, 2.45) is 0 Å². The highest BCUT2D eigenvalue weighted by molar-refractivity contribution is 7.89. The molecule has 0 aromatic heterocycles. The fourth-order valence-corrected chi connectivity index (χ4v) is 3.36. The molecular weight excluding hydrogens is 283 g/mol. The molecule has 1 aromatic rings. The largest absolute Gasteiger partial charge is 0.497 e. The van der Waals surface area contributed by atoms with Crippen molar-refractivity contribution in [2.45, 2.75) is 23.5 Å². The molecule has 1 fully saturated rings. The van der Waals surface area contributed by atoms with Crippen molar-refractivity contribution in [3.63, 3.8) is 0 Å². The lowest BCUT2D eigenvalue weighted by Crippen LogP contribution is -2.19.